The Labute approximate surface area is 268 Å². The van der Waals surface area contributed by atoms with Crippen molar-refractivity contribution in [1.29, 1.82) is 10.5 Å². The smallest absolute Gasteiger partial charge is 0.161 e. The highest BCUT2D eigenvalue weighted by molar-refractivity contribution is 6.21. The molecule has 2 atom stereocenters. The van der Waals surface area contributed by atoms with E-state index < -0.39 is 10.8 Å². The Morgan fingerprint density at radius 3 is 1.13 bits per heavy atom. The summed E-state index contributed by atoms with van der Waals surface area (Å²) in [6, 6.07) is 33.2. The van der Waals surface area contributed by atoms with Crippen LogP contribution in [-0.4, -0.2) is 54.1 Å². The number of methoxy groups -OCH3 is 4. The number of nitriles is 2. The van der Waals surface area contributed by atoms with Crippen LogP contribution in [0.1, 0.15) is 22.3 Å². The van der Waals surface area contributed by atoms with E-state index in [2.05, 4.69) is 22.4 Å². The maximum Gasteiger partial charge on any atom is 0.161 e. The van der Waals surface area contributed by atoms with Gasteiger partial charge in [0.05, 0.1) is 40.6 Å². The minimum Gasteiger partial charge on any atom is -0.493 e. The normalized spacial score (nSPS) is 14.0. The molecule has 10 heteroatoms. The first kappa shape index (κ1) is 32.9. The van der Waals surface area contributed by atoms with Crippen LogP contribution < -0.4 is 18.9 Å². The molecule has 0 heterocycles. The van der Waals surface area contributed by atoms with Gasteiger partial charge in [0.25, 0.3) is 0 Å². The van der Waals surface area contributed by atoms with E-state index in [9.17, 15) is 10.5 Å². The van der Waals surface area contributed by atoms with Gasteiger partial charge in [0.2, 0.25) is 0 Å². The van der Waals surface area contributed by atoms with Crippen molar-refractivity contribution in [1.82, 2.24) is 0 Å². The Balaban J connectivity index is 2.36. The van der Waals surface area contributed by atoms with Crippen molar-refractivity contribution in [2.24, 2.45) is 10.3 Å². The van der Waals surface area contributed by atoms with E-state index in [1.165, 1.54) is 42.7 Å². The Morgan fingerprint density at radius 1 is 0.500 bits per heavy atom. The highest BCUT2D eigenvalue weighted by Crippen LogP contribution is 2.51. The molecule has 0 aliphatic rings. The molecule has 0 saturated heterocycles. The summed E-state index contributed by atoms with van der Waals surface area (Å²) in [5.74, 6) is 1.50. The molecule has 4 aromatic rings. The number of hydrogen-bond acceptors (Lipinski definition) is 10. The van der Waals surface area contributed by atoms with Crippen LogP contribution in [0.15, 0.2) is 107 Å². The second kappa shape index (κ2) is 14.7. The number of rotatable bonds is 13. The zero-order valence-corrected chi connectivity index (χ0v) is 26.5. The van der Waals surface area contributed by atoms with Gasteiger partial charge in [-0.2, -0.15) is 10.5 Å². The van der Waals surface area contributed by atoms with Crippen LogP contribution in [0.25, 0.3) is 0 Å². The van der Waals surface area contributed by atoms with E-state index in [1.807, 2.05) is 36.4 Å². The van der Waals surface area contributed by atoms with Crippen molar-refractivity contribution < 1.29 is 28.6 Å². The molecule has 4 aromatic carbocycles. The minimum absolute atomic E-state index is 0.126. The summed E-state index contributed by atoms with van der Waals surface area (Å²) < 4.78 is 22.5. The highest BCUT2D eigenvalue weighted by Gasteiger charge is 2.63. The molecule has 46 heavy (non-hydrogen) atoms. The van der Waals surface area contributed by atoms with Gasteiger partial charge in [0.15, 0.2) is 33.8 Å². The molecule has 234 valence electrons. The number of oxime groups is 2. The fourth-order valence-corrected chi connectivity index (χ4v) is 5.65. The number of nitrogens with zero attached hydrogens (tertiary/aromatic N) is 4. The summed E-state index contributed by atoms with van der Waals surface area (Å²) in [6.45, 7) is 0. The standard InChI is InChI=1S/C36H34N4O6/c1-41-29-19-17-27(21-31(29)43-3)35(23-37,33(39-45-5)25-13-9-7-10-14-25)36(24-38,28-18-20-30(42-2)32(22-28)44-4)34(40-46-6)26-15-11-8-12-16-26/h7-22H,1-6H3/b39-33+,40-34+/t35-,36-/m0/s1. The lowest BCUT2D eigenvalue weighted by Crippen LogP contribution is -2.58. The van der Waals surface area contributed by atoms with E-state index >= 15 is 0 Å². The zero-order chi connectivity index (χ0) is 33.2. The Morgan fingerprint density at radius 2 is 0.848 bits per heavy atom. The molecule has 10 nitrogen and oxygen atoms in total. The molecule has 0 N–H and O–H groups in total. The fraction of sp³-hybridized carbons (Fsp3) is 0.222. The zero-order valence-electron chi connectivity index (χ0n) is 26.5. The van der Waals surface area contributed by atoms with Crippen LogP contribution >= 0.6 is 0 Å². The van der Waals surface area contributed by atoms with Crippen molar-refractivity contribution in [2.45, 2.75) is 10.8 Å². The van der Waals surface area contributed by atoms with Crippen molar-refractivity contribution in [3.8, 4) is 35.1 Å². The Hall–Kier alpha value is -6.00. The van der Waals surface area contributed by atoms with Crippen LogP contribution in [0.2, 0.25) is 0 Å². The van der Waals surface area contributed by atoms with E-state index in [1.54, 1.807) is 60.7 Å². The topological polar surface area (TPSA) is 128 Å². The second-order valence-electron chi connectivity index (χ2n) is 9.84. The van der Waals surface area contributed by atoms with Gasteiger partial charge < -0.3 is 28.6 Å². The first-order valence-electron chi connectivity index (χ1n) is 14.1. The van der Waals surface area contributed by atoms with Crippen LogP contribution in [0.5, 0.6) is 23.0 Å². The summed E-state index contributed by atoms with van der Waals surface area (Å²) in [6.07, 6.45) is 0. The number of hydrogen-bond donors (Lipinski definition) is 0. The fourth-order valence-electron chi connectivity index (χ4n) is 5.65. The molecule has 0 aliphatic carbocycles. The highest BCUT2D eigenvalue weighted by atomic mass is 16.6. The van der Waals surface area contributed by atoms with Gasteiger partial charge in [0, 0.05) is 11.1 Å². The molecule has 0 unspecified atom stereocenters. The largest absolute Gasteiger partial charge is 0.493 e. The lowest BCUT2D eigenvalue weighted by Gasteiger charge is -2.43. The summed E-state index contributed by atoms with van der Waals surface area (Å²) in [5.41, 5.74) is -2.05. The molecule has 0 radical (unpaired) electrons. The van der Waals surface area contributed by atoms with Gasteiger partial charge in [-0.05, 0) is 35.4 Å². The SMILES string of the molecule is CO/N=C(\c1ccccc1)[C@](C#N)(c1ccc(OC)c(OC)c1)[C@](C#N)(/C(=N/OC)c1ccccc1)c1ccc(OC)c(OC)c1. The van der Waals surface area contributed by atoms with E-state index in [-0.39, 0.29) is 11.4 Å². The van der Waals surface area contributed by atoms with Gasteiger partial charge in [-0.1, -0.05) is 83.1 Å². The van der Waals surface area contributed by atoms with Gasteiger partial charge in [0.1, 0.15) is 25.6 Å². The van der Waals surface area contributed by atoms with Crippen molar-refractivity contribution in [2.75, 3.05) is 42.7 Å². The van der Waals surface area contributed by atoms with E-state index in [0.717, 1.165) is 0 Å². The summed E-state index contributed by atoms with van der Waals surface area (Å²) >= 11 is 0. The predicted octanol–water partition coefficient (Wildman–Crippen LogP) is 6.05. The monoisotopic (exact) mass is 618 g/mol. The summed E-state index contributed by atoms with van der Waals surface area (Å²) in [4.78, 5) is 10.9. The maximum absolute atomic E-state index is 11.7. The first-order valence-corrected chi connectivity index (χ1v) is 14.1. The van der Waals surface area contributed by atoms with Gasteiger partial charge in [-0.25, -0.2) is 0 Å². The molecule has 0 bridgehead atoms. The average Bonchev–Trinajstić information content (AvgIpc) is 3.12. The first-order chi connectivity index (χ1) is 22.5. The Kier molecular flexibility index (Phi) is 10.5. The third-order valence-corrected chi connectivity index (χ3v) is 7.70. The van der Waals surface area contributed by atoms with Crippen LogP contribution in [0, 0.1) is 22.7 Å². The van der Waals surface area contributed by atoms with Crippen molar-refractivity contribution in [3.05, 3.63) is 119 Å². The van der Waals surface area contributed by atoms with Gasteiger partial charge >= 0.3 is 0 Å². The Bertz CT molecular complexity index is 1660. The number of ether oxygens (including phenoxy) is 4. The van der Waals surface area contributed by atoms with E-state index in [4.69, 9.17) is 28.6 Å². The lowest BCUT2D eigenvalue weighted by molar-refractivity contribution is 0.207. The van der Waals surface area contributed by atoms with Crippen molar-refractivity contribution >= 4 is 11.4 Å². The molecule has 0 aliphatic heterocycles. The molecule has 4 rings (SSSR count). The second-order valence-corrected chi connectivity index (χ2v) is 9.84. The quantitative estimate of drug-likeness (QED) is 0.131. The molecular formula is C36H34N4O6. The molecular weight excluding hydrogens is 584 g/mol. The molecule has 0 fully saturated rings. The third kappa shape index (κ3) is 5.53. The predicted molar refractivity (Wildman–Crippen MR) is 174 cm³/mol. The minimum atomic E-state index is -2.01. The molecule has 0 spiro atoms. The summed E-state index contributed by atoms with van der Waals surface area (Å²) in [7, 11) is 8.77. The molecule has 0 aromatic heterocycles. The average molecular weight is 619 g/mol. The third-order valence-electron chi connectivity index (χ3n) is 7.70. The number of benzene rings is 4. The van der Waals surface area contributed by atoms with Gasteiger partial charge in [-0.15, -0.1) is 0 Å². The van der Waals surface area contributed by atoms with E-state index in [0.29, 0.717) is 45.3 Å². The maximum atomic E-state index is 11.7. The van der Waals surface area contributed by atoms with Crippen molar-refractivity contribution in [3.63, 3.8) is 0 Å². The molecule has 0 saturated carbocycles. The van der Waals surface area contributed by atoms with Crippen LogP contribution in [0.4, 0.5) is 0 Å². The molecule has 0 amide bonds. The van der Waals surface area contributed by atoms with Gasteiger partial charge in [-0.3, -0.25) is 0 Å². The summed E-state index contributed by atoms with van der Waals surface area (Å²) in [5, 5.41) is 32.4. The lowest BCUT2D eigenvalue weighted by atomic mass is 9.52. The van der Waals surface area contributed by atoms with Crippen LogP contribution in [0.3, 0.4) is 0 Å². The van der Waals surface area contributed by atoms with Crippen LogP contribution in [-0.2, 0) is 20.5 Å².